The minimum atomic E-state index is -3.12. The molecule has 1 atom stereocenters. The maximum absolute atomic E-state index is 12.2. The van der Waals surface area contributed by atoms with Gasteiger partial charge in [0.1, 0.15) is 5.60 Å². The molecule has 130 valence electrons. The molecule has 1 unspecified atom stereocenters. The van der Waals surface area contributed by atoms with Crippen molar-refractivity contribution in [1.29, 1.82) is 0 Å². The molecule has 1 fully saturated rings. The van der Waals surface area contributed by atoms with E-state index in [1.807, 2.05) is 20.8 Å². The van der Waals surface area contributed by atoms with Crippen LogP contribution in [-0.4, -0.2) is 61.7 Å². The van der Waals surface area contributed by atoms with E-state index in [1.54, 1.807) is 18.7 Å². The quantitative estimate of drug-likeness (QED) is 0.830. The second kappa shape index (κ2) is 6.74. The van der Waals surface area contributed by atoms with Gasteiger partial charge in [0.05, 0.1) is 4.75 Å². The third-order valence-corrected chi connectivity index (χ3v) is 6.09. The summed E-state index contributed by atoms with van der Waals surface area (Å²) in [5, 5.41) is 3.19. The molecule has 0 aromatic rings. The lowest BCUT2D eigenvalue weighted by Gasteiger charge is -2.30. The first-order valence-electron chi connectivity index (χ1n) is 7.73. The van der Waals surface area contributed by atoms with Crippen molar-refractivity contribution in [2.45, 2.75) is 63.9 Å². The van der Waals surface area contributed by atoms with Crippen LogP contribution in [0.1, 0.15) is 47.5 Å². The van der Waals surface area contributed by atoms with Crippen molar-refractivity contribution in [2.24, 2.45) is 0 Å². The van der Waals surface area contributed by atoms with Crippen LogP contribution in [0.5, 0.6) is 0 Å². The summed E-state index contributed by atoms with van der Waals surface area (Å²) in [6, 6.07) is 0.0604. The van der Waals surface area contributed by atoms with Crippen molar-refractivity contribution < 1.29 is 17.9 Å². The van der Waals surface area contributed by atoms with Gasteiger partial charge in [-0.15, -0.1) is 0 Å². The second-order valence-electron chi connectivity index (χ2n) is 7.63. The van der Waals surface area contributed by atoms with Gasteiger partial charge in [0.25, 0.3) is 0 Å². The number of rotatable bonds is 5. The molecule has 0 aliphatic carbocycles. The third-order valence-electron chi connectivity index (χ3n) is 3.94. The van der Waals surface area contributed by atoms with Gasteiger partial charge >= 0.3 is 6.09 Å². The SMILES string of the molecule is CC(C)(C)OC(=O)N1CCCC1CNCC(C)(C)S(C)(=O)=O. The van der Waals surface area contributed by atoms with Gasteiger partial charge in [-0.1, -0.05) is 0 Å². The minimum Gasteiger partial charge on any atom is -0.444 e. The molecule has 1 aliphatic heterocycles. The molecular formula is C15H30N2O4S. The summed E-state index contributed by atoms with van der Waals surface area (Å²) < 4.78 is 28.0. The number of nitrogens with zero attached hydrogens (tertiary/aromatic N) is 1. The molecule has 1 rings (SSSR count). The Morgan fingerprint density at radius 1 is 1.27 bits per heavy atom. The lowest BCUT2D eigenvalue weighted by atomic mass is 10.2. The summed E-state index contributed by atoms with van der Waals surface area (Å²) >= 11 is 0. The van der Waals surface area contributed by atoms with E-state index >= 15 is 0 Å². The highest BCUT2D eigenvalue weighted by Gasteiger charge is 2.33. The van der Waals surface area contributed by atoms with Gasteiger partial charge in [-0.05, 0) is 47.5 Å². The number of hydrogen-bond donors (Lipinski definition) is 1. The topological polar surface area (TPSA) is 75.7 Å². The fraction of sp³-hybridized carbons (Fsp3) is 0.933. The normalized spacial score (nSPS) is 20.3. The van der Waals surface area contributed by atoms with Gasteiger partial charge in [-0.2, -0.15) is 0 Å². The monoisotopic (exact) mass is 334 g/mol. The van der Waals surface area contributed by atoms with Crippen LogP contribution in [0.3, 0.4) is 0 Å². The Balaban J connectivity index is 2.54. The van der Waals surface area contributed by atoms with Crippen LogP contribution in [0.4, 0.5) is 4.79 Å². The molecular weight excluding hydrogens is 304 g/mol. The number of hydrogen-bond acceptors (Lipinski definition) is 5. The van der Waals surface area contributed by atoms with E-state index in [4.69, 9.17) is 4.74 Å². The highest BCUT2D eigenvalue weighted by Crippen LogP contribution is 2.21. The summed E-state index contributed by atoms with van der Waals surface area (Å²) in [4.78, 5) is 13.9. The molecule has 1 N–H and O–H groups in total. The molecule has 22 heavy (non-hydrogen) atoms. The molecule has 0 spiro atoms. The van der Waals surface area contributed by atoms with Gasteiger partial charge in [0, 0.05) is 31.9 Å². The summed E-state index contributed by atoms with van der Waals surface area (Å²) in [6.45, 7) is 10.6. The molecule has 1 saturated heterocycles. The van der Waals surface area contributed by atoms with Crippen molar-refractivity contribution in [3.8, 4) is 0 Å². The molecule has 0 aromatic heterocycles. The van der Waals surface area contributed by atoms with Crippen LogP contribution in [0.25, 0.3) is 0 Å². The van der Waals surface area contributed by atoms with Crippen LogP contribution in [0, 0.1) is 0 Å². The zero-order valence-corrected chi connectivity index (χ0v) is 15.4. The fourth-order valence-corrected chi connectivity index (χ4v) is 2.64. The summed E-state index contributed by atoms with van der Waals surface area (Å²) in [5.41, 5.74) is -0.504. The lowest BCUT2D eigenvalue weighted by molar-refractivity contribution is 0.0226. The van der Waals surface area contributed by atoms with Crippen LogP contribution >= 0.6 is 0 Å². The van der Waals surface area contributed by atoms with E-state index in [1.165, 1.54) is 6.26 Å². The van der Waals surface area contributed by atoms with E-state index in [0.29, 0.717) is 19.6 Å². The van der Waals surface area contributed by atoms with E-state index in [2.05, 4.69) is 5.32 Å². The zero-order valence-electron chi connectivity index (χ0n) is 14.6. The maximum atomic E-state index is 12.2. The zero-order chi connectivity index (χ0) is 17.2. The Kier molecular flexibility index (Phi) is 5.89. The minimum absolute atomic E-state index is 0.0604. The number of carbonyl (C=O) groups is 1. The summed E-state index contributed by atoms with van der Waals surface area (Å²) in [6.07, 6.45) is 2.81. The molecule has 1 heterocycles. The van der Waals surface area contributed by atoms with Crippen LogP contribution in [0.2, 0.25) is 0 Å². The van der Waals surface area contributed by atoms with Gasteiger partial charge in [0.15, 0.2) is 9.84 Å². The smallest absolute Gasteiger partial charge is 0.410 e. The Hall–Kier alpha value is -0.820. The number of ether oxygens (including phenoxy) is 1. The van der Waals surface area contributed by atoms with E-state index < -0.39 is 20.2 Å². The second-order valence-corrected chi connectivity index (χ2v) is 10.3. The van der Waals surface area contributed by atoms with Crippen molar-refractivity contribution in [1.82, 2.24) is 10.2 Å². The fourth-order valence-electron chi connectivity index (χ4n) is 2.28. The first-order chi connectivity index (χ1) is 9.83. The molecule has 0 bridgehead atoms. The van der Waals surface area contributed by atoms with E-state index in [0.717, 1.165) is 12.8 Å². The highest BCUT2D eigenvalue weighted by atomic mass is 32.2. The Bertz CT molecular complexity index is 494. The highest BCUT2D eigenvalue weighted by molar-refractivity contribution is 7.92. The predicted molar refractivity (Wildman–Crippen MR) is 87.8 cm³/mol. The number of sulfone groups is 1. The Morgan fingerprint density at radius 3 is 2.36 bits per heavy atom. The molecule has 6 nitrogen and oxygen atoms in total. The first-order valence-corrected chi connectivity index (χ1v) is 9.62. The van der Waals surface area contributed by atoms with Crippen LogP contribution in [0.15, 0.2) is 0 Å². The van der Waals surface area contributed by atoms with E-state index in [9.17, 15) is 13.2 Å². The number of carbonyl (C=O) groups excluding carboxylic acids is 1. The number of likely N-dealkylation sites (tertiary alicyclic amines) is 1. The molecule has 7 heteroatoms. The number of nitrogens with one attached hydrogen (secondary N) is 1. The maximum Gasteiger partial charge on any atom is 0.410 e. The largest absolute Gasteiger partial charge is 0.444 e. The number of amides is 1. The van der Waals surface area contributed by atoms with E-state index in [-0.39, 0.29) is 12.1 Å². The van der Waals surface area contributed by atoms with Crippen LogP contribution in [-0.2, 0) is 14.6 Å². The lowest BCUT2D eigenvalue weighted by Crippen LogP contribution is -2.48. The molecule has 1 amide bonds. The Morgan fingerprint density at radius 2 is 1.86 bits per heavy atom. The van der Waals surface area contributed by atoms with Crippen molar-refractivity contribution in [3.63, 3.8) is 0 Å². The Labute approximate surface area is 134 Å². The van der Waals surface area contributed by atoms with Gasteiger partial charge < -0.3 is 15.0 Å². The van der Waals surface area contributed by atoms with Crippen LogP contribution < -0.4 is 5.32 Å². The molecule has 0 aromatic carbocycles. The standard InChI is InChI=1S/C15H30N2O4S/c1-14(2,3)21-13(18)17-9-7-8-12(17)10-16-11-15(4,5)22(6,19)20/h12,16H,7-11H2,1-6H3. The molecule has 0 saturated carbocycles. The average Bonchev–Trinajstić information content (AvgIpc) is 2.73. The summed E-state index contributed by atoms with van der Waals surface area (Å²) in [7, 11) is -3.12. The molecule has 0 radical (unpaired) electrons. The van der Waals surface area contributed by atoms with Crippen molar-refractivity contribution >= 4 is 15.9 Å². The van der Waals surface area contributed by atoms with Gasteiger partial charge in [-0.3, -0.25) is 0 Å². The van der Waals surface area contributed by atoms with Crippen molar-refractivity contribution in [2.75, 3.05) is 25.9 Å². The first kappa shape index (κ1) is 19.2. The third kappa shape index (κ3) is 5.43. The van der Waals surface area contributed by atoms with Gasteiger partial charge in [-0.25, -0.2) is 13.2 Å². The molecule has 1 aliphatic rings. The summed E-state index contributed by atoms with van der Waals surface area (Å²) in [5.74, 6) is 0. The van der Waals surface area contributed by atoms with Gasteiger partial charge in [0.2, 0.25) is 0 Å². The van der Waals surface area contributed by atoms with Crippen molar-refractivity contribution in [3.05, 3.63) is 0 Å². The average molecular weight is 334 g/mol. The predicted octanol–water partition coefficient (Wildman–Crippen LogP) is 1.80.